The van der Waals surface area contributed by atoms with Crippen molar-refractivity contribution < 1.29 is 14.3 Å². The quantitative estimate of drug-likeness (QED) is 0.446. The van der Waals surface area contributed by atoms with Crippen LogP contribution in [0.15, 0.2) is 56.6 Å². The molecule has 9 heteroatoms. The van der Waals surface area contributed by atoms with Crippen LogP contribution in [-0.4, -0.2) is 27.0 Å². The number of thioether (sulfide) groups is 1. The lowest BCUT2D eigenvalue weighted by Gasteiger charge is -2.06. The summed E-state index contributed by atoms with van der Waals surface area (Å²) in [4.78, 5) is 12.0. The fourth-order valence-electron chi connectivity index (χ4n) is 1.93. The van der Waals surface area contributed by atoms with Crippen molar-refractivity contribution in [3.63, 3.8) is 0 Å². The zero-order valence-electron chi connectivity index (χ0n) is 12.6. The summed E-state index contributed by atoms with van der Waals surface area (Å²) in [6, 6.07) is 11.9. The van der Waals surface area contributed by atoms with E-state index >= 15 is 0 Å². The van der Waals surface area contributed by atoms with Gasteiger partial charge in [0, 0.05) is 9.50 Å². The lowest BCUT2D eigenvalue weighted by atomic mass is 10.2. The summed E-state index contributed by atoms with van der Waals surface area (Å²) in [7, 11) is 0. The maximum atomic E-state index is 12.0. The van der Waals surface area contributed by atoms with Crippen LogP contribution < -0.4 is 5.32 Å². The lowest BCUT2D eigenvalue weighted by molar-refractivity contribution is -0.113. The summed E-state index contributed by atoms with van der Waals surface area (Å²) in [6.45, 7) is 0. The number of phenolic OH excluding ortho intramolecular Hbond substituents is 1. The van der Waals surface area contributed by atoms with E-state index in [4.69, 9.17) is 16.0 Å². The third-order valence-corrected chi connectivity index (χ3v) is 4.82. The highest BCUT2D eigenvalue weighted by Gasteiger charge is 2.14. The van der Waals surface area contributed by atoms with Crippen molar-refractivity contribution in [1.29, 1.82) is 0 Å². The van der Waals surface area contributed by atoms with E-state index in [2.05, 4.69) is 31.4 Å². The Morgan fingerprint density at radius 2 is 2.08 bits per heavy atom. The molecule has 3 rings (SSSR count). The Balaban J connectivity index is 1.61. The highest BCUT2D eigenvalue weighted by Crippen LogP contribution is 2.30. The van der Waals surface area contributed by atoms with Gasteiger partial charge in [0.15, 0.2) is 0 Å². The third kappa shape index (κ3) is 4.53. The minimum atomic E-state index is -0.330. The summed E-state index contributed by atoms with van der Waals surface area (Å²) in [5.74, 6) is 0.0200. The van der Waals surface area contributed by atoms with Crippen LogP contribution in [-0.2, 0) is 4.79 Å². The van der Waals surface area contributed by atoms with E-state index in [0.29, 0.717) is 10.9 Å². The number of rotatable bonds is 5. The molecular formula is C16H11BrClN3O3S. The first kappa shape index (κ1) is 17.8. The molecule has 0 aliphatic carbocycles. The topological polar surface area (TPSA) is 88.2 Å². The summed E-state index contributed by atoms with van der Waals surface area (Å²) in [6.07, 6.45) is 0. The molecule has 1 heterocycles. The first-order valence-corrected chi connectivity index (χ1v) is 9.18. The summed E-state index contributed by atoms with van der Waals surface area (Å²) < 4.78 is 6.39. The molecule has 2 N–H and O–H groups in total. The van der Waals surface area contributed by atoms with Gasteiger partial charge in [-0.25, -0.2) is 0 Å². The van der Waals surface area contributed by atoms with Gasteiger partial charge in [0.25, 0.3) is 5.22 Å². The molecule has 0 saturated carbocycles. The molecule has 0 saturated heterocycles. The molecule has 1 amide bonds. The molecular weight excluding hydrogens is 430 g/mol. The number of nitrogens with zero attached hydrogens (tertiary/aromatic N) is 2. The zero-order chi connectivity index (χ0) is 17.8. The van der Waals surface area contributed by atoms with Crippen molar-refractivity contribution in [2.45, 2.75) is 5.22 Å². The first-order valence-electron chi connectivity index (χ1n) is 7.02. The molecule has 0 spiro atoms. The number of aromatic hydroxyl groups is 1. The molecule has 0 aliphatic heterocycles. The molecule has 0 atom stereocenters. The van der Waals surface area contributed by atoms with E-state index < -0.39 is 0 Å². The number of amides is 1. The molecule has 25 heavy (non-hydrogen) atoms. The normalized spacial score (nSPS) is 10.6. The number of anilines is 1. The molecule has 1 aromatic heterocycles. The Bertz CT molecular complexity index is 919. The van der Waals surface area contributed by atoms with Crippen LogP contribution in [0.2, 0.25) is 5.02 Å². The smallest absolute Gasteiger partial charge is 0.277 e. The second kappa shape index (κ2) is 7.90. The minimum absolute atomic E-state index is 0.0452. The van der Waals surface area contributed by atoms with E-state index in [-0.39, 0.29) is 28.3 Å². The van der Waals surface area contributed by atoms with E-state index in [1.165, 1.54) is 18.2 Å². The van der Waals surface area contributed by atoms with Gasteiger partial charge in [-0.05, 0) is 46.3 Å². The summed E-state index contributed by atoms with van der Waals surface area (Å²) in [5.41, 5.74) is 1.02. The number of carbonyl (C=O) groups excluding carboxylic acids is 1. The van der Waals surface area contributed by atoms with Gasteiger partial charge in [-0.1, -0.05) is 35.5 Å². The highest BCUT2D eigenvalue weighted by atomic mass is 79.9. The molecule has 0 unspecified atom stereocenters. The largest absolute Gasteiger partial charge is 0.506 e. The summed E-state index contributed by atoms with van der Waals surface area (Å²) >= 11 is 10.4. The van der Waals surface area contributed by atoms with Crippen molar-refractivity contribution in [1.82, 2.24) is 10.2 Å². The number of hydrogen-bond acceptors (Lipinski definition) is 6. The van der Waals surface area contributed by atoms with Crippen LogP contribution in [0.5, 0.6) is 5.75 Å². The number of hydrogen-bond donors (Lipinski definition) is 2. The number of aromatic nitrogens is 2. The Morgan fingerprint density at radius 1 is 1.28 bits per heavy atom. The molecule has 6 nitrogen and oxygen atoms in total. The van der Waals surface area contributed by atoms with Gasteiger partial charge < -0.3 is 14.8 Å². The van der Waals surface area contributed by atoms with Crippen molar-refractivity contribution in [2.75, 3.05) is 11.1 Å². The number of nitrogens with one attached hydrogen (secondary N) is 1. The SMILES string of the molecule is O=C(CSc1nnc(-c2ccccc2Br)o1)Nc1cc(Cl)ccc1O. The molecule has 0 radical (unpaired) electrons. The second-order valence-electron chi connectivity index (χ2n) is 4.85. The maximum Gasteiger partial charge on any atom is 0.277 e. The van der Waals surface area contributed by atoms with Gasteiger partial charge in [0.05, 0.1) is 17.0 Å². The van der Waals surface area contributed by atoms with Crippen LogP contribution in [0.25, 0.3) is 11.5 Å². The standard InChI is InChI=1S/C16H11BrClN3O3S/c17-11-4-2-1-3-10(11)15-20-21-16(24-15)25-8-14(23)19-12-7-9(18)5-6-13(12)22/h1-7,22H,8H2,(H,19,23). The van der Waals surface area contributed by atoms with Gasteiger partial charge in [-0.15, -0.1) is 10.2 Å². The molecule has 0 fully saturated rings. The van der Waals surface area contributed by atoms with E-state index in [0.717, 1.165) is 21.8 Å². The van der Waals surface area contributed by atoms with E-state index in [1.54, 1.807) is 0 Å². The third-order valence-electron chi connectivity index (χ3n) is 3.07. The average Bonchev–Trinajstić information content (AvgIpc) is 3.05. The number of benzene rings is 2. The van der Waals surface area contributed by atoms with Crippen molar-refractivity contribution in [3.8, 4) is 17.2 Å². The molecule has 3 aromatic rings. The fourth-order valence-corrected chi connectivity index (χ4v) is 3.12. The monoisotopic (exact) mass is 439 g/mol. The number of halogens is 2. The van der Waals surface area contributed by atoms with Crippen molar-refractivity contribution >= 4 is 50.9 Å². The Labute approximate surface area is 160 Å². The van der Waals surface area contributed by atoms with Gasteiger partial charge >= 0.3 is 0 Å². The Hall–Kier alpha value is -2.03. The van der Waals surface area contributed by atoms with Gasteiger partial charge in [-0.3, -0.25) is 4.79 Å². The Kier molecular flexibility index (Phi) is 5.62. The van der Waals surface area contributed by atoms with Crippen LogP contribution in [0.1, 0.15) is 0 Å². The molecule has 0 aliphatic rings. The molecule has 2 aromatic carbocycles. The summed E-state index contributed by atoms with van der Waals surface area (Å²) in [5, 5.41) is 20.9. The van der Waals surface area contributed by atoms with E-state index in [1.807, 2.05) is 24.3 Å². The van der Waals surface area contributed by atoms with Crippen LogP contribution in [0, 0.1) is 0 Å². The number of carbonyl (C=O) groups is 1. The lowest BCUT2D eigenvalue weighted by Crippen LogP contribution is -2.14. The van der Waals surface area contributed by atoms with Gasteiger partial charge in [0.1, 0.15) is 5.75 Å². The van der Waals surface area contributed by atoms with Crippen molar-refractivity contribution in [2.24, 2.45) is 0 Å². The number of phenols is 1. The van der Waals surface area contributed by atoms with Gasteiger partial charge in [0.2, 0.25) is 11.8 Å². The highest BCUT2D eigenvalue weighted by molar-refractivity contribution is 9.10. The first-order chi connectivity index (χ1) is 12.0. The fraction of sp³-hybridized carbons (Fsp3) is 0.0625. The zero-order valence-corrected chi connectivity index (χ0v) is 15.7. The van der Waals surface area contributed by atoms with Crippen LogP contribution in [0.4, 0.5) is 5.69 Å². The van der Waals surface area contributed by atoms with Gasteiger partial charge in [-0.2, -0.15) is 0 Å². The maximum absolute atomic E-state index is 12.0. The van der Waals surface area contributed by atoms with Crippen LogP contribution in [0.3, 0.4) is 0 Å². The van der Waals surface area contributed by atoms with Crippen molar-refractivity contribution in [3.05, 3.63) is 52.0 Å². The predicted molar refractivity (Wildman–Crippen MR) is 99.9 cm³/mol. The molecule has 0 bridgehead atoms. The van der Waals surface area contributed by atoms with Crippen LogP contribution >= 0.6 is 39.3 Å². The van der Waals surface area contributed by atoms with E-state index in [9.17, 15) is 9.90 Å². The predicted octanol–water partition coefficient (Wildman–Crippen LogP) is 4.59. The minimum Gasteiger partial charge on any atom is -0.506 e. The second-order valence-corrected chi connectivity index (χ2v) is 7.07. The molecule has 128 valence electrons. The Morgan fingerprint density at radius 3 is 2.88 bits per heavy atom. The average molecular weight is 441 g/mol.